The van der Waals surface area contributed by atoms with Crippen molar-refractivity contribution < 1.29 is 4.79 Å². The SMILES string of the molecule is CSCCC(C)N(C)C(=O)C(C)CCl. The zero-order valence-corrected chi connectivity index (χ0v) is 11.0. The number of nitrogens with zero attached hydrogens (tertiary/aromatic N) is 1. The van der Waals surface area contributed by atoms with Crippen LogP contribution >= 0.6 is 23.4 Å². The number of amides is 1. The highest BCUT2D eigenvalue weighted by atomic mass is 35.5. The normalized spacial score (nSPS) is 14.9. The Bertz CT molecular complexity index is 178. The summed E-state index contributed by atoms with van der Waals surface area (Å²) in [6, 6.07) is 0.306. The average molecular weight is 238 g/mol. The van der Waals surface area contributed by atoms with Crippen LogP contribution in [0.15, 0.2) is 0 Å². The molecular weight excluding hydrogens is 218 g/mol. The van der Waals surface area contributed by atoms with Crippen molar-refractivity contribution in [2.75, 3.05) is 24.9 Å². The van der Waals surface area contributed by atoms with Gasteiger partial charge < -0.3 is 4.90 Å². The van der Waals surface area contributed by atoms with E-state index in [0.29, 0.717) is 11.9 Å². The van der Waals surface area contributed by atoms with Gasteiger partial charge in [-0.3, -0.25) is 4.79 Å². The van der Waals surface area contributed by atoms with Gasteiger partial charge in [0.2, 0.25) is 5.91 Å². The molecule has 0 heterocycles. The summed E-state index contributed by atoms with van der Waals surface area (Å²) in [7, 11) is 1.86. The number of carbonyl (C=O) groups is 1. The quantitative estimate of drug-likeness (QED) is 0.662. The van der Waals surface area contributed by atoms with Crippen LogP contribution in [0.5, 0.6) is 0 Å². The van der Waals surface area contributed by atoms with Crippen LogP contribution in [0.2, 0.25) is 0 Å². The van der Waals surface area contributed by atoms with E-state index in [-0.39, 0.29) is 11.8 Å². The molecule has 2 unspecified atom stereocenters. The third-order valence-electron chi connectivity index (χ3n) is 2.40. The largest absolute Gasteiger partial charge is 0.343 e. The molecule has 0 aromatic carbocycles. The summed E-state index contributed by atoms with van der Waals surface area (Å²) in [4.78, 5) is 13.5. The van der Waals surface area contributed by atoms with Crippen molar-refractivity contribution in [1.82, 2.24) is 4.90 Å². The summed E-state index contributed by atoms with van der Waals surface area (Å²) in [5, 5.41) is 0. The van der Waals surface area contributed by atoms with Gasteiger partial charge in [0, 0.05) is 24.9 Å². The Balaban J connectivity index is 4.03. The first-order valence-corrected chi connectivity index (χ1v) is 6.79. The molecule has 0 rings (SSSR count). The minimum absolute atomic E-state index is 0.0709. The van der Waals surface area contributed by atoms with Crippen molar-refractivity contribution in [1.29, 1.82) is 0 Å². The second kappa shape index (κ2) is 7.41. The monoisotopic (exact) mass is 237 g/mol. The van der Waals surface area contributed by atoms with E-state index in [0.717, 1.165) is 12.2 Å². The summed E-state index contributed by atoms with van der Waals surface area (Å²) >= 11 is 7.46. The van der Waals surface area contributed by atoms with Crippen LogP contribution in [-0.4, -0.2) is 41.8 Å². The van der Waals surface area contributed by atoms with Gasteiger partial charge in [-0.05, 0) is 25.4 Å². The van der Waals surface area contributed by atoms with Crippen LogP contribution in [0.25, 0.3) is 0 Å². The lowest BCUT2D eigenvalue weighted by Crippen LogP contribution is -2.39. The number of rotatable bonds is 6. The van der Waals surface area contributed by atoms with E-state index in [9.17, 15) is 4.79 Å². The molecule has 0 saturated carbocycles. The molecule has 4 heteroatoms. The third-order valence-corrected chi connectivity index (χ3v) is 3.51. The van der Waals surface area contributed by atoms with Crippen molar-refractivity contribution in [3.8, 4) is 0 Å². The van der Waals surface area contributed by atoms with E-state index < -0.39 is 0 Å². The van der Waals surface area contributed by atoms with Crippen LogP contribution < -0.4 is 0 Å². The highest BCUT2D eigenvalue weighted by molar-refractivity contribution is 7.98. The summed E-state index contributed by atoms with van der Waals surface area (Å²) in [6.07, 6.45) is 3.12. The highest BCUT2D eigenvalue weighted by Gasteiger charge is 2.20. The van der Waals surface area contributed by atoms with Gasteiger partial charge in [0.1, 0.15) is 0 Å². The van der Waals surface area contributed by atoms with Crippen molar-refractivity contribution in [2.45, 2.75) is 26.3 Å². The molecule has 0 bridgehead atoms. The molecule has 84 valence electrons. The van der Waals surface area contributed by atoms with Gasteiger partial charge in [-0.25, -0.2) is 0 Å². The molecule has 0 radical (unpaired) electrons. The van der Waals surface area contributed by atoms with Crippen LogP contribution in [0.1, 0.15) is 20.3 Å². The lowest BCUT2D eigenvalue weighted by atomic mass is 10.1. The zero-order chi connectivity index (χ0) is 11.1. The Morgan fingerprint density at radius 2 is 2.07 bits per heavy atom. The van der Waals surface area contributed by atoms with Crippen LogP contribution in [-0.2, 0) is 4.79 Å². The van der Waals surface area contributed by atoms with Crippen molar-refractivity contribution in [3.05, 3.63) is 0 Å². The number of hydrogen-bond acceptors (Lipinski definition) is 2. The Morgan fingerprint density at radius 1 is 1.50 bits per heavy atom. The van der Waals surface area contributed by atoms with E-state index in [1.54, 1.807) is 0 Å². The predicted octanol–water partition coefficient (Wildman–Crippen LogP) is 2.46. The Morgan fingerprint density at radius 3 is 2.50 bits per heavy atom. The minimum atomic E-state index is -0.0709. The van der Waals surface area contributed by atoms with Crippen molar-refractivity contribution in [3.63, 3.8) is 0 Å². The topological polar surface area (TPSA) is 20.3 Å². The summed E-state index contributed by atoms with van der Waals surface area (Å²) < 4.78 is 0. The van der Waals surface area contributed by atoms with Gasteiger partial charge in [0.15, 0.2) is 0 Å². The number of alkyl halides is 1. The number of thioether (sulfide) groups is 1. The molecule has 0 spiro atoms. The maximum atomic E-state index is 11.7. The smallest absolute Gasteiger partial charge is 0.226 e. The molecule has 0 saturated heterocycles. The summed E-state index contributed by atoms with van der Waals surface area (Å²) in [5.74, 6) is 1.57. The predicted molar refractivity (Wildman–Crippen MR) is 65.1 cm³/mol. The molecule has 0 fully saturated rings. The van der Waals surface area contributed by atoms with Gasteiger partial charge in [-0.2, -0.15) is 11.8 Å². The fraction of sp³-hybridized carbons (Fsp3) is 0.900. The lowest BCUT2D eigenvalue weighted by molar-refractivity contribution is -0.134. The number of halogens is 1. The molecule has 0 aliphatic rings. The Kier molecular flexibility index (Phi) is 7.47. The zero-order valence-electron chi connectivity index (χ0n) is 9.42. The third kappa shape index (κ3) is 4.56. The Hall–Kier alpha value is 0.110. The average Bonchev–Trinajstić information content (AvgIpc) is 2.22. The Labute approximate surface area is 96.4 Å². The van der Waals surface area contributed by atoms with Crippen molar-refractivity contribution >= 4 is 29.3 Å². The fourth-order valence-electron chi connectivity index (χ4n) is 1.11. The van der Waals surface area contributed by atoms with Crippen LogP contribution in [0.3, 0.4) is 0 Å². The first-order chi connectivity index (χ1) is 6.54. The molecule has 0 aromatic rings. The summed E-state index contributed by atoms with van der Waals surface area (Å²) in [6.45, 7) is 3.95. The maximum Gasteiger partial charge on any atom is 0.226 e. The molecule has 0 aliphatic carbocycles. The standard InChI is InChI=1S/C10H20ClNOS/c1-8(7-11)10(13)12(3)9(2)5-6-14-4/h8-9H,5-7H2,1-4H3. The molecule has 0 N–H and O–H groups in total. The summed E-state index contributed by atoms with van der Waals surface area (Å²) in [5.41, 5.74) is 0. The number of carbonyl (C=O) groups excluding carboxylic acids is 1. The minimum Gasteiger partial charge on any atom is -0.343 e. The van der Waals surface area contributed by atoms with E-state index in [2.05, 4.69) is 13.2 Å². The molecule has 2 atom stereocenters. The molecule has 1 amide bonds. The molecule has 14 heavy (non-hydrogen) atoms. The van der Waals surface area contributed by atoms with Crippen molar-refractivity contribution in [2.24, 2.45) is 5.92 Å². The van der Waals surface area contributed by atoms with Gasteiger partial charge in [0.05, 0.1) is 0 Å². The lowest BCUT2D eigenvalue weighted by Gasteiger charge is -2.27. The fourth-order valence-corrected chi connectivity index (χ4v) is 1.82. The van der Waals surface area contributed by atoms with Gasteiger partial charge in [-0.1, -0.05) is 6.92 Å². The van der Waals surface area contributed by atoms with Gasteiger partial charge in [0.25, 0.3) is 0 Å². The molecule has 0 aliphatic heterocycles. The van der Waals surface area contributed by atoms with Crippen LogP contribution in [0, 0.1) is 5.92 Å². The molecule has 2 nitrogen and oxygen atoms in total. The number of hydrogen-bond donors (Lipinski definition) is 0. The first kappa shape index (κ1) is 14.1. The van der Waals surface area contributed by atoms with E-state index >= 15 is 0 Å². The maximum absolute atomic E-state index is 11.7. The van der Waals surface area contributed by atoms with E-state index in [1.165, 1.54) is 0 Å². The second-order valence-corrected chi connectivity index (χ2v) is 4.93. The van der Waals surface area contributed by atoms with Gasteiger partial charge in [-0.15, -0.1) is 11.6 Å². The van der Waals surface area contributed by atoms with Crippen LogP contribution in [0.4, 0.5) is 0 Å². The highest BCUT2D eigenvalue weighted by Crippen LogP contribution is 2.10. The molecular formula is C10H20ClNOS. The van der Waals surface area contributed by atoms with E-state index in [4.69, 9.17) is 11.6 Å². The second-order valence-electron chi connectivity index (χ2n) is 3.63. The van der Waals surface area contributed by atoms with E-state index in [1.807, 2.05) is 30.6 Å². The molecule has 0 aromatic heterocycles. The first-order valence-electron chi connectivity index (χ1n) is 4.86. The van der Waals surface area contributed by atoms with Gasteiger partial charge >= 0.3 is 0 Å².